The largest absolute Gasteiger partial charge is 0.257 e. The van der Waals surface area contributed by atoms with E-state index < -0.39 is 0 Å². The standard InChI is InChI=1S/C41H80N2/c1-5-8-10-12-14-16-18-20-21-22-23-25-27-29-31-33-36-40(34-7-3)41-42-37-38-43(41)39(4)35-32-30-28-26-24-19-17-15-13-11-9-6-2/h37-40H,5-36H2,1-4H3/p+1. The Balaban J connectivity index is 2.10. The van der Waals surface area contributed by atoms with Crippen LogP contribution in [0.5, 0.6) is 0 Å². The minimum atomic E-state index is 0.620. The second-order valence-electron chi connectivity index (χ2n) is 14.4. The maximum absolute atomic E-state index is 3.69. The number of imidazole rings is 1. The molecule has 1 aromatic rings. The van der Waals surface area contributed by atoms with Crippen LogP contribution in [0.3, 0.4) is 0 Å². The molecule has 2 nitrogen and oxygen atoms in total. The highest BCUT2D eigenvalue weighted by molar-refractivity contribution is 4.90. The average molecular weight is 602 g/mol. The van der Waals surface area contributed by atoms with Crippen molar-refractivity contribution in [3.63, 3.8) is 0 Å². The molecule has 0 bridgehead atoms. The minimum Gasteiger partial charge on any atom is -0.247 e. The van der Waals surface area contributed by atoms with Gasteiger partial charge in [-0.2, -0.15) is 0 Å². The van der Waals surface area contributed by atoms with E-state index >= 15 is 0 Å². The van der Waals surface area contributed by atoms with Crippen LogP contribution in [0.4, 0.5) is 0 Å². The number of aromatic amines is 1. The summed E-state index contributed by atoms with van der Waals surface area (Å²) >= 11 is 0. The molecular weight excluding hydrogens is 520 g/mol. The number of hydrogen-bond donors (Lipinski definition) is 1. The van der Waals surface area contributed by atoms with Crippen molar-refractivity contribution < 1.29 is 4.57 Å². The zero-order valence-electron chi connectivity index (χ0n) is 30.4. The highest BCUT2D eigenvalue weighted by atomic mass is 15.1. The first-order chi connectivity index (χ1) is 21.2. The van der Waals surface area contributed by atoms with Gasteiger partial charge in [-0.1, -0.05) is 201 Å². The maximum Gasteiger partial charge on any atom is 0.257 e. The number of aromatic nitrogens is 2. The lowest BCUT2D eigenvalue weighted by Crippen LogP contribution is -2.41. The molecule has 0 aliphatic heterocycles. The fraction of sp³-hybridized carbons (Fsp3) is 0.927. The molecule has 0 aromatic carbocycles. The summed E-state index contributed by atoms with van der Waals surface area (Å²) in [5.74, 6) is 2.21. The number of unbranched alkanes of at least 4 members (excludes halogenated alkanes) is 26. The molecule has 0 saturated heterocycles. The minimum absolute atomic E-state index is 0.620. The predicted molar refractivity (Wildman–Crippen MR) is 193 cm³/mol. The van der Waals surface area contributed by atoms with Gasteiger partial charge in [0.25, 0.3) is 5.82 Å². The molecule has 1 rings (SSSR count). The van der Waals surface area contributed by atoms with E-state index in [-0.39, 0.29) is 0 Å². The van der Waals surface area contributed by atoms with Crippen molar-refractivity contribution in [3.05, 3.63) is 18.2 Å². The molecular formula is C41H81N2+. The zero-order chi connectivity index (χ0) is 31.1. The summed E-state index contributed by atoms with van der Waals surface area (Å²) in [5, 5.41) is 0. The third-order valence-corrected chi connectivity index (χ3v) is 10.1. The fourth-order valence-corrected chi connectivity index (χ4v) is 7.20. The van der Waals surface area contributed by atoms with Crippen LogP contribution >= 0.6 is 0 Å². The van der Waals surface area contributed by atoms with E-state index in [1.54, 1.807) is 0 Å². The maximum atomic E-state index is 3.69. The van der Waals surface area contributed by atoms with Gasteiger partial charge in [0.1, 0.15) is 12.4 Å². The number of nitrogens with one attached hydrogen (secondary N) is 1. The van der Waals surface area contributed by atoms with Crippen LogP contribution < -0.4 is 4.57 Å². The number of rotatable bonds is 34. The molecule has 2 atom stereocenters. The van der Waals surface area contributed by atoms with Crippen molar-refractivity contribution in [1.82, 2.24) is 4.98 Å². The monoisotopic (exact) mass is 602 g/mol. The van der Waals surface area contributed by atoms with Gasteiger partial charge in [0, 0.05) is 0 Å². The van der Waals surface area contributed by atoms with Gasteiger partial charge in [0.15, 0.2) is 0 Å². The summed E-state index contributed by atoms with van der Waals surface area (Å²) in [6.45, 7) is 9.43. The summed E-state index contributed by atoms with van der Waals surface area (Å²) in [6.07, 6.45) is 50.3. The second-order valence-corrected chi connectivity index (χ2v) is 14.4. The van der Waals surface area contributed by atoms with Crippen molar-refractivity contribution in [2.24, 2.45) is 0 Å². The molecule has 0 aliphatic carbocycles. The fourth-order valence-electron chi connectivity index (χ4n) is 7.20. The van der Waals surface area contributed by atoms with Gasteiger partial charge in [-0.3, -0.25) is 0 Å². The molecule has 1 N–H and O–H groups in total. The van der Waals surface area contributed by atoms with Crippen LogP contribution in [0.15, 0.2) is 12.4 Å². The summed E-state index contributed by atoms with van der Waals surface area (Å²) < 4.78 is 2.60. The predicted octanol–water partition coefficient (Wildman–Crippen LogP) is 14.5. The van der Waals surface area contributed by atoms with Crippen molar-refractivity contribution in [1.29, 1.82) is 0 Å². The van der Waals surface area contributed by atoms with E-state index in [4.69, 9.17) is 0 Å². The lowest BCUT2D eigenvalue weighted by molar-refractivity contribution is -0.727. The first kappa shape index (κ1) is 40.2. The van der Waals surface area contributed by atoms with Crippen LogP contribution in [0, 0.1) is 0 Å². The smallest absolute Gasteiger partial charge is 0.247 e. The van der Waals surface area contributed by atoms with Crippen LogP contribution in [0.1, 0.15) is 251 Å². The van der Waals surface area contributed by atoms with Gasteiger partial charge in [-0.15, -0.1) is 0 Å². The average Bonchev–Trinajstić information content (AvgIpc) is 3.51. The van der Waals surface area contributed by atoms with E-state index in [0.717, 1.165) is 0 Å². The molecule has 1 aromatic heterocycles. The lowest BCUT2D eigenvalue weighted by atomic mass is 9.94. The Hall–Kier alpha value is -0.790. The molecule has 1 heterocycles. The van der Waals surface area contributed by atoms with E-state index in [9.17, 15) is 0 Å². The highest BCUT2D eigenvalue weighted by Crippen LogP contribution is 2.26. The Morgan fingerprint density at radius 3 is 1.16 bits per heavy atom. The van der Waals surface area contributed by atoms with Gasteiger partial charge in [0.05, 0.1) is 12.0 Å². The molecule has 0 saturated carbocycles. The normalized spacial score (nSPS) is 13.1. The molecule has 0 amide bonds. The third kappa shape index (κ3) is 23.2. The van der Waals surface area contributed by atoms with Gasteiger partial charge < -0.3 is 0 Å². The summed E-state index contributed by atoms with van der Waals surface area (Å²) in [7, 11) is 0. The van der Waals surface area contributed by atoms with Crippen molar-refractivity contribution in [3.8, 4) is 0 Å². The molecule has 254 valence electrons. The number of nitrogens with zero attached hydrogens (tertiary/aromatic N) is 1. The van der Waals surface area contributed by atoms with Gasteiger partial charge >= 0.3 is 0 Å². The van der Waals surface area contributed by atoms with Crippen molar-refractivity contribution in [2.45, 2.75) is 245 Å². The van der Waals surface area contributed by atoms with Crippen molar-refractivity contribution in [2.75, 3.05) is 0 Å². The molecule has 43 heavy (non-hydrogen) atoms. The van der Waals surface area contributed by atoms with Crippen LogP contribution in [-0.2, 0) is 0 Å². The summed E-state index contributed by atoms with van der Waals surface area (Å²) in [6, 6.07) is 0.620. The molecule has 0 aliphatic rings. The molecule has 2 heteroatoms. The Morgan fingerprint density at radius 2 is 0.791 bits per heavy atom. The van der Waals surface area contributed by atoms with Crippen LogP contribution in [-0.4, -0.2) is 4.98 Å². The zero-order valence-corrected chi connectivity index (χ0v) is 30.4. The number of hydrogen-bond acceptors (Lipinski definition) is 0. The Bertz CT molecular complexity index is 664. The molecule has 0 radical (unpaired) electrons. The van der Waals surface area contributed by atoms with Crippen molar-refractivity contribution >= 4 is 0 Å². The van der Waals surface area contributed by atoms with Gasteiger partial charge in [0.2, 0.25) is 0 Å². The van der Waals surface area contributed by atoms with E-state index in [2.05, 4.69) is 49.6 Å². The van der Waals surface area contributed by atoms with Gasteiger partial charge in [-0.25, -0.2) is 9.55 Å². The first-order valence-corrected chi connectivity index (χ1v) is 20.3. The Morgan fingerprint density at radius 1 is 0.442 bits per heavy atom. The first-order valence-electron chi connectivity index (χ1n) is 20.3. The quantitative estimate of drug-likeness (QED) is 0.0599. The number of H-pyrrole nitrogens is 1. The summed E-state index contributed by atoms with van der Waals surface area (Å²) in [4.78, 5) is 3.69. The molecule has 2 unspecified atom stereocenters. The lowest BCUT2D eigenvalue weighted by Gasteiger charge is -2.16. The topological polar surface area (TPSA) is 19.7 Å². The van der Waals surface area contributed by atoms with E-state index in [0.29, 0.717) is 12.0 Å². The van der Waals surface area contributed by atoms with E-state index in [1.807, 2.05) is 0 Å². The van der Waals surface area contributed by atoms with E-state index in [1.165, 1.54) is 211 Å². The Kier molecular flexibility index (Phi) is 29.2. The SMILES string of the molecule is CCCCCCCCCCCCCCCCCCC(CCC)c1[nH]cc[n+]1C(C)CCCCCCCCCCCCCC. The summed E-state index contributed by atoms with van der Waals surface area (Å²) in [5.41, 5.74) is 0. The Labute approximate surface area is 272 Å². The van der Waals surface area contributed by atoms with Gasteiger partial charge in [-0.05, 0) is 32.6 Å². The second kappa shape index (κ2) is 31.2. The van der Waals surface area contributed by atoms with Crippen LogP contribution in [0.25, 0.3) is 0 Å². The molecule has 0 fully saturated rings. The van der Waals surface area contributed by atoms with Crippen LogP contribution in [0.2, 0.25) is 0 Å². The third-order valence-electron chi connectivity index (χ3n) is 10.1. The molecule has 0 spiro atoms. The highest BCUT2D eigenvalue weighted by Gasteiger charge is 2.24.